The Morgan fingerprint density at radius 3 is 2.82 bits per heavy atom. The molecule has 0 aliphatic carbocycles. The van der Waals surface area contributed by atoms with Gasteiger partial charge >= 0.3 is 0 Å². The van der Waals surface area contributed by atoms with E-state index in [4.69, 9.17) is 14.9 Å². The minimum atomic E-state index is -0.412. The van der Waals surface area contributed by atoms with Crippen LogP contribution in [0.3, 0.4) is 0 Å². The highest BCUT2D eigenvalue weighted by Crippen LogP contribution is 2.22. The fourth-order valence-electron chi connectivity index (χ4n) is 1.35. The Bertz CT molecular complexity index is 513. The van der Waals surface area contributed by atoms with E-state index >= 15 is 0 Å². The van der Waals surface area contributed by atoms with E-state index in [9.17, 15) is 4.39 Å². The number of hydrogen-bond donors (Lipinski definition) is 1. The van der Waals surface area contributed by atoms with Crippen molar-refractivity contribution in [3.63, 3.8) is 0 Å². The summed E-state index contributed by atoms with van der Waals surface area (Å²) in [5.74, 6) is 0.400. The number of hydrogen-bond acceptors (Lipinski definition) is 3. The Kier molecular flexibility index (Phi) is 3.81. The first-order valence-corrected chi connectivity index (χ1v) is 5.82. The smallest absolute Gasteiger partial charge is 0.166 e. The predicted octanol–water partition coefficient (Wildman–Crippen LogP) is 3.22. The highest BCUT2D eigenvalue weighted by atomic mass is 79.9. The Labute approximate surface area is 106 Å². The molecule has 0 saturated heterocycles. The van der Waals surface area contributed by atoms with Crippen LogP contribution in [-0.4, -0.2) is 0 Å². The molecular formula is C12H11BrFNO2. The van der Waals surface area contributed by atoms with Gasteiger partial charge in [0.25, 0.3) is 0 Å². The summed E-state index contributed by atoms with van der Waals surface area (Å²) in [5.41, 5.74) is 6.33. The lowest BCUT2D eigenvalue weighted by Gasteiger charge is -2.05. The maximum Gasteiger partial charge on any atom is 0.166 e. The largest absolute Gasteiger partial charge is 0.483 e. The zero-order chi connectivity index (χ0) is 12.3. The monoisotopic (exact) mass is 299 g/mol. The molecule has 0 amide bonds. The summed E-state index contributed by atoms with van der Waals surface area (Å²) in [6, 6.07) is 6.41. The molecule has 2 aromatic rings. The summed E-state index contributed by atoms with van der Waals surface area (Å²) in [6.07, 6.45) is 1.57. The zero-order valence-electron chi connectivity index (χ0n) is 8.95. The van der Waals surface area contributed by atoms with Crippen molar-refractivity contribution in [2.75, 3.05) is 0 Å². The van der Waals surface area contributed by atoms with Crippen molar-refractivity contribution in [3.05, 3.63) is 52.1 Å². The summed E-state index contributed by atoms with van der Waals surface area (Å²) in [7, 11) is 0. The van der Waals surface area contributed by atoms with Crippen LogP contribution in [0, 0.1) is 5.82 Å². The van der Waals surface area contributed by atoms with Gasteiger partial charge in [-0.3, -0.25) is 0 Å². The van der Waals surface area contributed by atoms with Gasteiger partial charge in [0, 0.05) is 16.6 Å². The molecular weight excluding hydrogens is 289 g/mol. The first kappa shape index (κ1) is 12.1. The van der Waals surface area contributed by atoms with Gasteiger partial charge in [-0.15, -0.1) is 0 Å². The quantitative estimate of drug-likeness (QED) is 0.943. The van der Waals surface area contributed by atoms with Crippen molar-refractivity contribution >= 4 is 15.9 Å². The molecule has 0 aliphatic heterocycles. The van der Waals surface area contributed by atoms with Gasteiger partial charge in [-0.05, 0) is 24.3 Å². The van der Waals surface area contributed by atoms with Gasteiger partial charge in [0.2, 0.25) is 0 Å². The molecule has 0 unspecified atom stereocenters. The van der Waals surface area contributed by atoms with Crippen molar-refractivity contribution in [1.29, 1.82) is 0 Å². The lowest BCUT2D eigenvalue weighted by atomic mass is 10.3. The van der Waals surface area contributed by atoms with Crippen LogP contribution < -0.4 is 10.5 Å². The third-order valence-corrected chi connectivity index (χ3v) is 2.70. The number of nitrogens with two attached hydrogens (primary N) is 1. The van der Waals surface area contributed by atoms with Crippen LogP contribution in [0.15, 0.2) is 39.4 Å². The van der Waals surface area contributed by atoms with Crippen LogP contribution >= 0.6 is 15.9 Å². The van der Waals surface area contributed by atoms with E-state index < -0.39 is 5.82 Å². The van der Waals surface area contributed by atoms with Gasteiger partial charge in [0.1, 0.15) is 12.4 Å². The van der Waals surface area contributed by atoms with E-state index in [1.165, 1.54) is 6.07 Å². The molecule has 0 fully saturated rings. The minimum Gasteiger partial charge on any atom is -0.483 e. The molecule has 1 aromatic carbocycles. The SMILES string of the molecule is NCc1coc(COc2ccc(Br)cc2F)c1. The molecule has 17 heavy (non-hydrogen) atoms. The molecule has 0 radical (unpaired) electrons. The molecule has 5 heteroatoms. The normalized spacial score (nSPS) is 10.5. The van der Waals surface area contributed by atoms with Gasteiger partial charge in [0.15, 0.2) is 11.6 Å². The van der Waals surface area contributed by atoms with Gasteiger partial charge in [-0.2, -0.15) is 0 Å². The van der Waals surface area contributed by atoms with E-state index in [0.717, 1.165) is 5.56 Å². The number of rotatable bonds is 4. The average Bonchev–Trinajstić information content (AvgIpc) is 2.76. The second-order valence-electron chi connectivity index (χ2n) is 3.49. The van der Waals surface area contributed by atoms with Crippen LogP contribution in [0.1, 0.15) is 11.3 Å². The maximum atomic E-state index is 13.4. The van der Waals surface area contributed by atoms with Crippen LogP contribution in [0.2, 0.25) is 0 Å². The van der Waals surface area contributed by atoms with E-state index in [1.807, 2.05) is 0 Å². The molecule has 0 spiro atoms. The summed E-state index contributed by atoms with van der Waals surface area (Å²) in [5, 5.41) is 0. The van der Waals surface area contributed by atoms with Crippen molar-refractivity contribution in [2.24, 2.45) is 5.73 Å². The standard InChI is InChI=1S/C12H11BrFNO2/c13-9-1-2-12(11(14)4-9)17-7-10-3-8(5-15)6-16-10/h1-4,6H,5,7,15H2. The summed E-state index contributed by atoms with van der Waals surface area (Å²) < 4.78 is 24.6. The highest BCUT2D eigenvalue weighted by Gasteiger charge is 2.06. The Balaban J connectivity index is 2.02. The zero-order valence-corrected chi connectivity index (χ0v) is 10.5. The lowest BCUT2D eigenvalue weighted by molar-refractivity contribution is 0.258. The van der Waals surface area contributed by atoms with Gasteiger partial charge in [-0.25, -0.2) is 4.39 Å². The van der Waals surface area contributed by atoms with Crippen molar-refractivity contribution in [3.8, 4) is 5.75 Å². The summed E-state index contributed by atoms with van der Waals surface area (Å²) >= 11 is 3.18. The van der Waals surface area contributed by atoms with Crippen molar-refractivity contribution < 1.29 is 13.5 Å². The van der Waals surface area contributed by atoms with Crippen LogP contribution in [0.25, 0.3) is 0 Å². The highest BCUT2D eigenvalue weighted by molar-refractivity contribution is 9.10. The molecule has 0 aliphatic rings. The third kappa shape index (κ3) is 3.08. The van der Waals surface area contributed by atoms with E-state index in [-0.39, 0.29) is 12.4 Å². The van der Waals surface area contributed by atoms with Crippen molar-refractivity contribution in [2.45, 2.75) is 13.2 Å². The Hall–Kier alpha value is -1.33. The first-order chi connectivity index (χ1) is 8.19. The number of furan rings is 1. The molecule has 1 aromatic heterocycles. The molecule has 0 atom stereocenters. The molecule has 90 valence electrons. The van der Waals surface area contributed by atoms with E-state index in [2.05, 4.69) is 15.9 Å². The number of ether oxygens (including phenoxy) is 1. The van der Waals surface area contributed by atoms with Gasteiger partial charge < -0.3 is 14.9 Å². The second-order valence-corrected chi connectivity index (χ2v) is 4.40. The number of benzene rings is 1. The minimum absolute atomic E-state index is 0.179. The lowest BCUT2D eigenvalue weighted by Crippen LogP contribution is -1.96. The molecule has 2 N–H and O–H groups in total. The predicted molar refractivity (Wildman–Crippen MR) is 65.0 cm³/mol. The molecule has 1 heterocycles. The van der Waals surface area contributed by atoms with Crippen LogP contribution in [-0.2, 0) is 13.2 Å². The Morgan fingerprint density at radius 2 is 2.18 bits per heavy atom. The van der Waals surface area contributed by atoms with Crippen molar-refractivity contribution in [1.82, 2.24) is 0 Å². The topological polar surface area (TPSA) is 48.4 Å². The fraction of sp³-hybridized carbons (Fsp3) is 0.167. The Morgan fingerprint density at radius 1 is 1.35 bits per heavy atom. The summed E-state index contributed by atoms with van der Waals surface area (Å²) in [6.45, 7) is 0.592. The van der Waals surface area contributed by atoms with Crippen LogP contribution in [0.4, 0.5) is 4.39 Å². The average molecular weight is 300 g/mol. The maximum absolute atomic E-state index is 13.4. The molecule has 0 saturated carbocycles. The fourth-order valence-corrected chi connectivity index (χ4v) is 1.68. The first-order valence-electron chi connectivity index (χ1n) is 5.03. The molecule has 0 bridgehead atoms. The van der Waals surface area contributed by atoms with Gasteiger partial charge in [0.05, 0.1) is 6.26 Å². The molecule has 3 nitrogen and oxygen atoms in total. The van der Waals surface area contributed by atoms with E-state index in [1.54, 1.807) is 24.5 Å². The van der Waals surface area contributed by atoms with E-state index in [0.29, 0.717) is 16.8 Å². The van der Waals surface area contributed by atoms with Crippen LogP contribution in [0.5, 0.6) is 5.75 Å². The second kappa shape index (κ2) is 5.33. The number of halogens is 2. The molecule has 2 rings (SSSR count). The summed E-state index contributed by atoms with van der Waals surface area (Å²) in [4.78, 5) is 0. The third-order valence-electron chi connectivity index (χ3n) is 2.21. The van der Waals surface area contributed by atoms with Gasteiger partial charge in [-0.1, -0.05) is 15.9 Å².